The number of allylic oxidation sites excluding steroid dienone is 1. The summed E-state index contributed by atoms with van der Waals surface area (Å²) in [5, 5.41) is 9.45. The van der Waals surface area contributed by atoms with Gasteiger partial charge < -0.3 is 9.84 Å². The molecule has 0 radical (unpaired) electrons. The number of rotatable bonds is 12. The van der Waals surface area contributed by atoms with Crippen molar-refractivity contribution < 1.29 is 27.4 Å². The van der Waals surface area contributed by atoms with Crippen molar-refractivity contribution >= 4 is 40.4 Å². The van der Waals surface area contributed by atoms with E-state index in [2.05, 4.69) is 8.25 Å². The highest BCUT2D eigenvalue weighted by atomic mass is 127. The van der Waals surface area contributed by atoms with E-state index in [1.165, 1.54) is 12.1 Å². The molecule has 0 saturated heterocycles. The van der Waals surface area contributed by atoms with E-state index < -0.39 is 48.8 Å². The molecule has 0 unspecified atom stereocenters. The molecular weight excluding hydrogens is 538 g/mol. The van der Waals surface area contributed by atoms with Gasteiger partial charge in [0.2, 0.25) is 10.0 Å². The number of nitrogens with one attached hydrogen (secondary N) is 2. The minimum Gasteiger partial charge on any atom is -0.503 e. The summed E-state index contributed by atoms with van der Waals surface area (Å²) >= 11 is -0.598. The van der Waals surface area contributed by atoms with Crippen molar-refractivity contribution in [1.29, 1.82) is 0 Å². The van der Waals surface area contributed by atoms with Gasteiger partial charge >= 0.3 is 0 Å². The third-order valence-electron chi connectivity index (χ3n) is 5.09. The second-order valence-corrected chi connectivity index (χ2v) is 12.2. The van der Waals surface area contributed by atoms with Crippen LogP contribution in [0.25, 0.3) is 0 Å². The molecule has 10 heteroatoms. The minimum absolute atomic E-state index is 0.00574. The maximum Gasteiger partial charge on any atom is 0.294 e. The monoisotopic (exact) mass is 566 g/mol. The van der Waals surface area contributed by atoms with Crippen molar-refractivity contribution in [3.05, 3.63) is 41.4 Å². The molecule has 1 amide bonds. The smallest absolute Gasteiger partial charge is 0.294 e. The second kappa shape index (κ2) is 10.9. The largest absolute Gasteiger partial charge is 0.503 e. The summed E-state index contributed by atoms with van der Waals surface area (Å²) in [6.07, 6.45) is 6.50. The number of unbranched alkanes of at least 4 members (excludes halogenated alkanes) is 2. The molecule has 1 aliphatic heterocycles. The number of benzene rings is 1. The Morgan fingerprint density at radius 2 is 2.10 bits per heavy atom. The molecule has 1 atom stereocenters. The van der Waals surface area contributed by atoms with Crippen molar-refractivity contribution in [3.8, 4) is 5.75 Å². The molecule has 0 aromatic heterocycles. The standard InChI is InChI=1S/C21H28FIN2O5S/c1-14(16-8-9-18(22)20(11-16)30-13-15-6-7-15)25-31(28,29)10-4-2-3-5-17-12-19(26)21(27)24-23-17/h8-9,11-12,14-15,25-26H,2-7,10,13H2,1H3,(H,24,27)/t14-/m1/s1. The predicted molar refractivity (Wildman–Crippen MR) is 126 cm³/mol. The van der Waals surface area contributed by atoms with Gasteiger partial charge in [0.05, 0.1) is 12.4 Å². The molecule has 31 heavy (non-hydrogen) atoms. The Morgan fingerprint density at radius 3 is 2.81 bits per heavy atom. The van der Waals surface area contributed by atoms with E-state index in [0.717, 1.165) is 35.6 Å². The van der Waals surface area contributed by atoms with E-state index in [9.17, 15) is 22.7 Å². The van der Waals surface area contributed by atoms with E-state index in [4.69, 9.17) is 4.74 Å². The maximum atomic E-state index is 14.0. The maximum absolute atomic E-state index is 14.0. The molecule has 172 valence electrons. The van der Waals surface area contributed by atoms with Gasteiger partial charge in [-0.2, -0.15) is 0 Å². The fraction of sp³-hybridized carbons (Fsp3) is 0.524. The Bertz CT molecular complexity index is 976. The third-order valence-corrected chi connectivity index (χ3v) is 8.93. The van der Waals surface area contributed by atoms with E-state index in [-0.39, 0.29) is 17.3 Å². The molecule has 7 nitrogen and oxygen atoms in total. The first-order valence-electron chi connectivity index (χ1n) is 10.4. The third kappa shape index (κ3) is 7.83. The van der Waals surface area contributed by atoms with Crippen LogP contribution in [0.15, 0.2) is 30.0 Å². The van der Waals surface area contributed by atoms with Crippen LogP contribution in [0.3, 0.4) is 0 Å². The number of amides is 1. The van der Waals surface area contributed by atoms with Crippen LogP contribution < -0.4 is 13.0 Å². The molecule has 1 saturated carbocycles. The zero-order valence-electron chi connectivity index (χ0n) is 17.4. The van der Waals surface area contributed by atoms with Gasteiger partial charge in [-0.3, -0.25) is 8.32 Å². The zero-order valence-corrected chi connectivity index (χ0v) is 20.3. The first-order chi connectivity index (χ1) is 14.7. The van der Waals surface area contributed by atoms with E-state index >= 15 is 0 Å². The summed E-state index contributed by atoms with van der Waals surface area (Å²) in [5.74, 6) is -0.464. The molecule has 0 bridgehead atoms. The van der Waals surface area contributed by atoms with Gasteiger partial charge in [-0.15, -0.1) is 0 Å². The molecule has 1 aromatic rings. The van der Waals surface area contributed by atoms with Crippen molar-refractivity contribution in [2.45, 2.75) is 51.5 Å². The quantitative estimate of drug-likeness (QED) is 0.203. The van der Waals surface area contributed by atoms with Crippen molar-refractivity contribution in [1.82, 2.24) is 8.25 Å². The predicted octanol–water partition coefficient (Wildman–Crippen LogP) is 3.79. The summed E-state index contributed by atoms with van der Waals surface area (Å²) in [6, 6.07) is 3.95. The van der Waals surface area contributed by atoms with Crippen LogP contribution >= 0.6 is 21.0 Å². The fourth-order valence-electron chi connectivity index (χ4n) is 3.06. The fourth-order valence-corrected chi connectivity index (χ4v) is 6.41. The Morgan fingerprint density at radius 1 is 1.32 bits per heavy atom. The highest BCUT2D eigenvalue weighted by molar-refractivity contribution is 14.2. The summed E-state index contributed by atoms with van der Waals surface area (Å²) in [6.45, 7) is 2.22. The van der Waals surface area contributed by atoms with Gasteiger partial charge in [-0.1, -0.05) is 12.5 Å². The number of aliphatic hydroxyl groups excluding tert-OH is 1. The summed E-state index contributed by atoms with van der Waals surface area (Å²) in [4.78, 5) is 11.2. The van der Waals surface area contributed by atoms with Crippen LogP contribution in [-0.4, -0.2) is 35.3 Å². The number of carbonyl (C=O) groups excluding carboxylic acids is 1. The SMILES string of the molecule is C[C@@H](NS(=O)(=O)CCCCCC1=INC(=O)C(O)=C1)c1ccc(F)c(OCC2CC2)c1. The lowest BCUT2D eigenvalue weighted by molar-refractivity contribution is -0.117. The van der Waals surface area contributed by atoms with Crippen LogP contribution in [0, 0.1) is 11.7 Å². The average Bonchev–Trinajstić information content (AvgIpc) is 3.53. The first-order valence-corrected chi connectivity index (χ1v) is 14.2. The lowest BCUT2D eigenvalue weighted by Gasteiger charge is -2.16. The van der Waals surface area contributed by atoms with Gasteiger partial charge in [0.25, 0.3) is 5.91 Å². The number of halogens is 2. The van der Waals surface area contributed by atoms with Gasteiger partial charge in [-0.25, -0.2) is 17.5 Å². The highest BCUT2D eigenvalue weighted by Gasteiger charge is 2.23. The van der Waals surface area contributed by atoms with Gasteiger partial charge in [0.1, 0.15) is 0 Å². The van der Waals surface area contributed by atoms with Gasteiger partial charge in [0, 0.05) is 30.6 Å². The highest BCUT2D eigenvalue weighted by Crippen LogP contribution is 2.31. The van der Waals surface area contributed by atoms with Crippen LogP contribution in [-0.2, 0) is 14.8 Å². The Balaban J connectivity index is 1.42. The summed E-state index contributed by atoms with van der Waals surface area (Å²) in [5.41, 5.74) is 0.655. The Kier molecular flexibility index (Phi) is 8.45. The molecular formula is C21H28FIN2O5S. The molecule has 1 heterocycles. The Hall–Kier alpha value is -1.53. The van der Waals surface area contributed by atoms with Gasteiger partial charge in [0.15, 0.2) is 17.3 Å². The van der Waals surface area contributed by atoms with E-state index in [0.29, 0.717) is 24.5 Å². The van der Waals surface area contributed by atoms with E-state index in [1.807, 2.05) is 0 Å². The first kappa shape index (κ1) is 24.1. The zero-order chi connectivity index (χ0) is 22.4. The number of ether oxygens (including phenoxy) is 1. The van der Waals surface area contributed by atoms with Crippen molar-refractivity contribution in [3.63, 3.8) is 0 Å². The molecule has 1 aromatic carbocycles. The van der Waals surface area contributed by atoms with Crippen molar-refractivity contribution in [2.24, 2.45) is 5.92 Å². The topological polar surface area (TPSA) is 105 Å². The van der Waals surface area contributed by atoms with Crippen LogP contribution in [0.5, 0.6) is 5.75 Å². The van der Waals surface area contributed by atoms with Crippen LogP contribution in [0.1, 0.15) is 57.1 Å². The number of sulfonamides is 1. The normalized spacial score (nSPS) is 17.8. The van der Waals surface area contributed by atoms with Crippen LogP contribution in [0.4, 0.5) is 4.39 Å². The van der Waals surface area contributed by atoms with Gasteiger partial charge in [-0.05, 0) is 68.7 Å². The molecule has 1 fully saturated rings. The Labute approximate surface area is 192 Å². The second-order valence-electron chi connectivity index (χ2n) is 7.91. The molecule has 3 N–H and O–H groups in total. The number of hydrogen-bond acceptors (Lipinski definition) is 5. The number of aliphatic hydroxyl groups is 1. The van der Waals surface area contributed by atoms with E-state index in [1.54, 1.807) is 19.1 Å². The summed E-state index contributed by atoms with van der Waals surface area (Å²) in [7, 11) is -3.48. The lowest BCUT2D eigenvalue weighted by Crippen LogP contribution is -2.29. The average molecular weight is 566 g/mol. The van der Waals surface area contributed by atoms with Crippen molar-refractivity contribution in [2.75, 3.05) is 12.4 Å². The summed E-state index contributed by atoms with van der Waals surface area (Å²) < 4.78 is 50.7. The lowest BCUT2D eigenvalue weighted by atomic mass is 10.1. The molecule has 3 rings (SSSR count). The molecule has 0 spiro atoms. The number of carbonyl (C=O) groups is 1. The minimum atomic E-state index is -3.48. The molecule has 2 aliphatic rings. The molecule has 1 aliphatic carbocycles. The number of hydrogen-bond donors (Lipinski definition) is 3. The van der Waals surface area contributed by atoms with Crippen LogP contribution in [0.2, 0.25) is 0 Å².